The van der Waals surface area contributed by atoms with Crippen LogP contribution < -0.4 is 5.32 Å². The lowest BCUT2D eigenvalue weighted by Gasteiger charge is -2.22. The molecule has 1 atom stereocenters. The number of nitrogens with zero attached hydrogens (tertiary/aromatic N) is 1. The van der Waals surface area contributed by atoms with E-state index in [1.165, 1.54) is 21.2 Å². The van der Waals surface area contributed by atoms with Crippen molar-refractivity contribution in [1.82, 2.24) is 9.62 Å². The smallest absolute Gasteiger partial charge is 0.253 e. The van der Waals surface area contributed by atoms with Crippen LogP contribution in [0.25, 0.3) is 0 Å². The maximum atomic E-state index is 12.7. The van der Waals surface area contributed by atoms with Crippen molar-refractivity contribution in [3.05, 3.63) is 52.9 Å². The van der Waals surface area contributed by atoms with Gasteiger partial charge in [0.1, 0.15) is 10.3 Å². The standard InChI is InChI=1S/C18H22N2O3S2/c1-2-14-7-9-15(10-8-14)13-19-18(21)16-5-3-11-20(16)25(22,23)17-6-4-12-24-17/h4,6-10,12,16H,2-3,5,11,13H2,1H3,(H,19,21). The number of hydrogen-bond donors (Lipinski definition) is 1. The largest absolute Gasteiger partial charge is 0.351 e. The zero-order valence-corrected chi connectivity index (χ0v) is 15.8. The third kappa shape index (κ3) is 3.94. The molecule has 25 heavy (non-hydrogen) atoms. The lowest BCUT2D eigenvalue weighted by atomic mass is 10.1. The van der Waals surface area contributed by atoms with Crippen LogP contribution in [0.1, 0.15) is 30.9 Å². The van der Waals surface area contributed by atoms with E-state index in [0.717, 1.165) is 12.0 Å². The van der Waals surface area contributed by atoms with Gasteiger partial charge in [-0.1, -0.05) is 37.3 Å². The highest BCUT2D eigenvalue weighted by atomic mass is 32.2. The van der Waals surface area contributed by atoms with Gasteiger partial charge in [-0.15, -0.1) is 11.3 Å². The van der Waals surface area contributed by atoms with Crippen molar-refractivity contribution in [2.45, 2.75) is 43.0 Å². The number of carbonyl (C=O) groups excluding carboxylic acids is 1. The molecule has 0 bridgehead atoms. The number of rotatable bonds is 6. The molecule has 2 heterocycles. The molecule has 1 amide bonds. The van der Waals surface area contributed by atoms with Crippen LogP contribution in [-0.2, 0) is 27.8 Å². The summed E-state index contributed by atoms with van der Waals surface area (Å²) in [6.45, 7) is 2.90. The highest BCUT2D eigenvalue weighted by molar-refractivity contribution is 7.91. The van der Waals surface area contributed by atoms with E-state index < -0.39 is 16.1 Å². The summed E-state index contributed by atoms with van der Waals surface area (Å²) in [5, 5.41) is 4.62. The van der Waals surface area contributed by atoms with Crippen molar-refractivity contribution in [3.63, 3.8) is 0 Å². The van der Waals surface area contributed by atoms with Gasteiger partial charge in [0.15, 0.2) is 0 Å². The van der Waals surface area contributed by atoms with E-state index >= 15 is 0 Å². The van der Waals surface area contributed by atoms with Crippen molar-refractivity contribution in [3.8, 4) is 0 Å². The van der Waals surface area contributed by atoms with E-state index in [1.54, 1.807) is 17.5 Å². The van der Waals surface area contributed by atoms with Gasteiger partial charge in [0.2, 0.25) is 5.91 Å². The Labute approximate surface area is 152 Å². The Kier molecular flexibility index (Phi) is 5.56. The molecule has 0 spiro atoms. The monoisotopic (exact) mass is 378 g/mol. The Bertz CT molecular complexity index is 815. The van der Waals surface area contributed by atoms with Gasteiger partial charge in [0.25, 0.3) is 10.0 Å². The molecule has 1 aliphatic heterocycles. The third-order valence-electron chi connectivity index (χ3n) is 4.46. The lowest BCUT2D eigenvalue weighted by molar-refractivity contribution is -0.124. The third-order valence-corrected chi connectivity index (χ3v) is 7.74. The molecular formula is C18H22N2O3S2. The Hall–Kier alpha value is -1.70. The molecule has 3 rings (SSSR count). The predicted molar refractivity (Wildman–Crippen MR) is 98.9 cm³/mol. The molecule has 1 unspecified atom stereocenters. The molecule has 1 fully saturated rings. The molecule has 134 valence electrons. The Morgan fingerprint density at radius 3 is 2.60 bits per heavy atom. The number of aryl methyl sites for hydroxylation is 1. The van der Waals surface area contributed by atoms with E-state index in [0.29, 0.717) is 30.1 Å². The topological polar surface area (TPSA) is 66.5 Å². The van der Waals surface area contributed by atoms with Crippen LogP contribution in [0.15, 0.2) is 46.0 Å². The number of nitrogens with one attached hydrogen (secondary N) is 1. The molecule has 2 aromatic rings. The maximum absolute atomic E-state index is 12.7. The second-order valence-electron chi connectivity index (χ2n) is 6.09. The van der Waals surface area contributed by atoms with Crippen molar-refractivity contribution in [2.75, 3.05) is 6.54 Å². The van der Waals surface area contributed by atoms with Gasteiger partial charge in [-0.25, -0.2) is 8.42 Å². The first-order valence-corrected chi connectivity index (χ1v) is 10.7. The van der Waals surface area contributed by atoms with Gasteiger partial charge in [-0.05, 0) is 41.8 Å². The van der Waals surface area contributed by atoms with Crippen LogP contribution in [0.3, 0.4) is 0 Å². The minimum atomic E-state index is -3.59. The van der Waals surface area contributed by atoms with Crippen molar-refractivity contribution in [2.24, 2.45) is 0 Å². The maximum Gasteiger partial charge on any atom is 0.253 e. The van der Waals surface area contributed by atoms with E-state index in [2.05, 4.69) is 12.2 Å². The summed E-state index contributed by atoms with van der Waals surface area (Å²) >= 11 is 1.18. The fourth-order valence-corrected chi connectivity index (χ4v) is 5.79. The van der Waals surface area contributed by atoms with Crippen LogP contribution in [0.4, 0.5) is 0 Å². The lowest BCUT2D eigenvalue weighted by Crippen LogP contribution is -2.45. The van der Waals surface area contributed by atoms with Gasteiger partial charge < -0.3 is 5.32 Å². The fraction of sp³-hybridized carbons (Fsp3) is 0.389. The number of sulfonamides is 1. The van der Waals surface area contributed by atoms with Crippen LogP contribution in [0, 0.1) is 0 Å². The van der Waals surface area contributed by atoms with Crippen LogP contribution in [0.5, 0.6) is 0 Å². The zero-order valence-electron chi connectivity index (χ0n) is 14.1. The van der Waals surface area contributed by atoms with Crippen molar-refractivity contribution < 1.29 is 13.2 Å². The fourth-order valence-electron chi connectivity index (χ4n) is 3.02. The number of benzene rings is 1. The molecule has 1 saturated heterocycles. The molecule has 5 nitrogen and oxygen atoms in total. The summed E-state index contributed by atoms with van der Waals surface area (Å²) < 4.78 is 27.1. The van der Waals surface area contributed by atoms with Crippen LogP contribution in [-0.4, -0.2) is 31.2 Å². The van der Waals surface area contributed by atoms with E-state index in [1.807, 2.05) is 24.3 Å². The zero-order chi connectivity index (χ0) is 17.9. The minimum absolute atomic E-state index is 0.225. The SMILES string of the molecule is CCc1ccc(CNC(=O)C2CCCN2S(=O)(=O)c2cccs2)cc1. The molecule has 0 saturated carbocycles. The number of thiophene rings is 1. The molecule has 1 aliphatic rings. The predicted octanol–water partition coefficient (Wildman–Crippen LogP) is 2.78. The second kappa shape index (κ2) is 7.68. The van der Waals surface area contributed by atoms with Gasteiger partial charge >= 0.3 is 0 Å². The quantitative estimate of drug-likeness (QED) is 0.840. The van der Waals surface area contributed by atoms with Gasteiger partial charge in [0.05, 0.1) is 0 Å². The highest BCUT2D eigenvalue weighted by Crippen LogP contribution is 2.28. The highest BCUT2D eigenvalue weighted by Gasteiger charge is 2.39. The van der Waals surface area contributed by atoms with E-state index in [-0.39, 0.29) is 5.91 Å². The first kappa shape index (κ1) is 18.1. The van der Waals surface area contributed by atoms with Gasteiger partial charge in [0, 0.05) is 13.1 Å². The summed E-state index contributed by atoms with van der Waals surface area (Å²) in [6, 6.07) is 10.8. The molecule has 1 N–H and O–H groups in total. The average molecular weight is 379 g/mol. The molecule has 7 heteroatoms. The average Bonchev–Trinajstić information content (AvgIpc) is 3.31. The Morgan fingerprint density at radius 2 is 1.96 bits per heavy atom. The Balaban J connectivity index is 1.66. The van der Waals surface area contributed by atoms with Crippen LogP contribution in [0.2, 0.25) is 0 Å². The van der Waals surface area contributed by atoms with Gasteiger partial charge in [-0.2, -0.15) is 4.31 Å². The van der Waals surface area contributed by atoms with Crippen molar-refractivity contribution >= 4 is 27.3 Å². The molecule has 0 aliphatic carbocycles. The molecular weight excluding hydrogens is 356 g/mol. The summed E-state index contributed by atoms with van der Waals surface area (Å²) in [5.41, 5.74) is 2.26. The second-order valence-corrected chi connectivity index (χ2v) is 9.16. The number of hydrogen-bond acceptors (Lipinski definition) is 4. The number of carbonyl (C=O) groups is 1. The molecule has 0 radical (unpaired) electrons. The normalized spacial score (nSPS) is 18.4. The molecule has 1 aromatic heterocycles. The summed E-state index contributed by atoms with van der Waals surface area (Å²) in [7, 11) is -3.59. The minimum Gasteiger partial charge on any atom is -0.351 e. The van der Waals surface area contributed by atoms with E-state index in [4.69, 9.17) is 0 Å². The summed E-state index contributed by atoms with van der Waals surface area (Å²) in [4.78, 5) is 12.6. The summed E-state index contributed by atoms with van der Waals surface area (Å²) in [6.07, 6.45) is 2.24. The molecule has 1 aromatic carbocycles. The first-order chi connectivity index (χ1) is 12.0. The van der Waals surface area contributed by atoms with Crippen LogP contribution >= 0.6 is 11.3 Å². The first-order valence-electron chi connectivity index (χ1n) is 8.43. The van der Waals surface area contributed by atoms with Crippen molar-refractivity contribution in [1.29, 1.82) is 0 Å². The Morgan fingerprint density at radius 1 is 1.24 bits per heavy atom. The van der Waals surface area contributed by atoms with Gasteiger partial charge in [-0.3, -0.25) is 4.79 Å². The number of amides is 1. The van der Waals surface area contributed by atoms with E-state index in [9.17, 15) is 13.2 Å². The summed E-state index contributed by atoms with van der Waals surface area (Å²) in [5.74, 6) is -0.225.